The van der Waals surface area contributed by atoms with Crippen molar-refractivity contribution in [2.45, 2.75) is 37.4 Å². The summed E-state index contributed by atoms with van der Waals surface area (Å²) in [5.74, 6) is 1.01. The van der Waals surface area contributed by atoms with E-state index in [4.69, 9.17) is 9.47 Å². The lowest BCUT2D eigenvalue weighted by Gasteiger charge is -2.53. The third-order valence-electron chi connectivity index (χ3n) is 5.78. The third-order valence-corrected chi connectivity index (χ3v) is 5.78. The first-order chi connectivity index (χ1) is 13.2. The van der Waals surface area contributed by atoms with Gasteiger partial charge >= 0.3 is 0 Å². The van der Waals surface area contributed by atoms with Gasteiger partial charge in [0.15, 0.2) is 5.65 Å². The molecule has 9 nitrogen and oxygen atoms in total. The fraction of sp³-hybridized carbons (Fsp3) is 0.667. The van der Waals surface area contributed by atoms with Crippen LogP contribution in [-0.2, 0) is 14.3 Å². The molecular weight excluding hydrogens is 348 g/mol. The second-order valence-corrected chi connectivity index (χ2v) is 7.73. The molecule has 3 fully saturated rings. The lowest BCUT2D eigenvalue weighted by molar-refractivity contribution is -0.157. The van der Waals surface area contributed by atoms with Gasteiger partial charge in [-0.25, -0.2) is 0 Å². The predicted octanol–water partition coefficient (Wildman–Crippen LogP) is 0.501. The number of carbonyl (C=O) groups is 1. The SMILES string of the molecule is O=C(CO[C@@H]1CCOC2(C1)CN(c1ccc3nncn3n1)C2)N1CCCC1. The number of carbonyl (C=O) groups excluding carboxylic acids is 1. The summed E-state index contributed by atoms with van der Waals surface area (Å²) >= 11 is 0. The third kappa shape index (κ3) is 3.25. The number of aromatic nitrogens is 4. The van der Waals surface area contributed by atoms with Crippen LogP contribution in [0.15, 0.2) is 18.5 Å². The molecule has 1 atom stereocenters. The largest absolute Gasteiger partial charge is 0.371 e. The van der Waals surface area contributed by atoms with E-state index >= 15 is 0 Å². The van der Waals surface area contributed by atoms with Gasteiger partial charge < -0.3 is 19.3 Å². The highest BCUT2D eigenvalue weighted by Crippen LogP contribution is 2.37. The van der Waals surface area contributed by atoms with E-state index < -0.39 is 0 Å². The Morgan fingerprint density at radius 3 is 3.00 bits per heavy atom. The Hall–Kier alpha value is -2.26. The zero-order valence-corrected chi connectivity index (χ0v) is 15.3. The minimum atomic E-state index is -0.191. The topological polar surface area (TPSA) is 85.1 Å². The van der Waals surface area contributed by atoms with Crippen molar-refractivity contribution in [2.24, 2.45) is 0 Å². The average molecular weight is 372 g/mol. The summed E-state index contributed by atoms with van der Waals surface area (Å²) in [5.41, 5.74) is 0.544. The van der Waals surface area contributed by atoms with Crippen LogP contribution in [0.1, 0.15) is 25.7 Å². The maximum atomic E-state index is 12.2. The number of fused-ring (bicyclic) bond motifs is 1. The van der Waals surface area contributed by atoms with Crippen molar-refractivity contribution in [3.8, 4) is 0 Å². The number of hydrogen-bond acceptors (Lipinski definition) is 7. The van der Waals surface area contributed by atoms with Gasteiger partial charge in [-0.15, -0.1) is 15.3 Å². The molecule has 2 aromatic heterocycles. The molecule has 27 heavy (non-hydrogen) atoms. The minimum Gasteiger partial charge on any atom is -0.371 e. The van der Waals surface area contributed by atoms with E-state index in [1.54, 1.807) is 10.8 Å². The summed E-state index contributed by atoms with van der Waals surface area (Å²) in [4.78, 5) is 16.3. The molecule has 0 bridgehead atoms. The number of ether oxygens (including phenoxy) is 2. The van der Waals surface area contributed by atoms with Crippen LogP contribution in [0.2, 0.25) is 0 Å². The molecule has 5 rings (SSSR count). The lowest BCUT2D eigenvalue weighted by Crippen LogP contribution is -2.66. The van der Waals surface area contributed by atoms with E-state index in [0.29, 0.717) is 6.61 Å². The zero-order valence-electron chi connectivity index (χ0n) is 15.3. The molecule has 9 heteroatoms. The van der Waals surface area contributed by atoms with Crippen molar-refractivity contribution >= 4 is 17.4 Å². The average Bonchev–Trinajstić information content (AvgIpc) is 3.35. The van der Waals surface area contributed by atoms with Crippen LogP contribution in [0.4, 0.5) is 5.82 Å². The van der Waals surface area contributed by atoms with E-state index in [0.717, 1.165) is 63.3 Å². The fourth-order valence-corrected chi connectivity index (χ4v) is 4.29. The Bertz CT molecular complexity index is 827. The Morgan fingerprint density at radius 2 is 2.15 bits per heavy atom. The summed E-state index contributed by atoms with van der Waals surface area (Å²) in [6.45, 7) is 4.18. The van der Waals surface area contributed by atoms with Gasteiger partial charge in [-0.3, -0.25) is 4.79 Å². The number of likely N-dealkylation sites (tertiary alicyclic amines) is 1. The highest BCUT2D eigenvalue weighted by molar-refractivity contribution is 5.77. The van der Waals surface area contributed by atoms with Crippen LogP contribution in [0.25, 0.3) is 5.65 Å². The Morgan fingerprint density at radius 1 is 1.30 bits per heavy atom. The highest BCUT2D eigenvalue weighted by Gasteiger charge is 2.48. The summed E-state index contributed by atoms with van der Waals surface area (Å²) < 4.78 is 13.7. The maximum Gasteiger partial charge on any atom is 0.248 e. The summed E-state index contributed by atoms with van der Waals surface area (Å²) in [6.07, 6.45) is 5.58. The first-order valence-corrected chi connectivity index (χ1v) is 9.66. The van der Waals surface area contributed by atoms with Crippen molar-refractivity contribution in [1.82, 2.24) is 24.7 Å². The van der Waals surface area contributed by atoms with Crippen molar-refractivity contribution in [3.63, 3.8) is 0 Å². The number of hydrogen-bond donors (Lipinski definition) is 0. The van der Waals surface area contributed by atoms with Crippen LogP contribution >= 0.6 is 0 Å². The Kier molecular flexibility index (Phi) is 4.20. The summed E-state index contributed by atoms with van der Waals surface area (Å²) in [7, 11) is 0. The van der Waals surface area contributed by atoms with E-state index in [2.05, 4.69) is 20.2 Å². The Labute approximate surface area is 157 Å². The molecule has 0 saturated carbocycles. The first kappa shape index (κ1) is 16.9. The molecule has 0 unspecified atom stereocenters. The van der Waals surface area contributed by atoms with Crippen molar-refractivity contribution in [1.29, 1.82) is 0 Å². The molecular formula is C18H24N6O3. The smallest absolute Gasteiger partial charge is 0.248 e. The van der Waals surface area contributed by atoms with Crippen LogP contribution < -0.4 is 4.90 Å². The molecule has 0 N–H and O–H groups in total. The van der Waals surface area contributed by atoms with E-state index in [1.807, 2.05) is 17.0 Å². The molecule has 1 spiro atoms. The van der Waals surface area contributed by atoms with Gasteiger partial charge in [0.2, 0.25) is 5.91 Å². The molecule has 5 heterocycles. The van der Waals surface area contributed by atoms with E-state index in [1.165, 1.54) is 0 Å². The Balaban J connectivity index is 1.16. The van der Waals surface area contributed by atoms with Gasteiger partial charge in [0.1, 0.15) is 24.4 Å². The zero-order chi connectivity index (χ0) is 18.3. The molecule has 2 aromatic rings. The monoisotopic (exact) mass is 372 g/mol. The number of nitrogens with zero attached hydrogens (tertiary/aromatic N) is 6. The molecule has 0 aromatic carbocycles. The van der Waals surface area contributed by atoms with Gasteiger partial charge in [0.05, 0.1) is 19.2 Å². The second kappa shape index (κ2) is 6.72. The lowest BCUT2D eigenvalue weighted by atomic mass is 9.84. The number of rotatable bonds is 4. The van der Waals surface area contributed by atoms with Gasteiger partial charge in [0, 0.05) is 26.1 Å². The predicted molar refractivity (Wildman–Crippen MR) is 96.5 cm³/mol. The van der Waals surface area contributed by atoms with E-state index in [9.17, 15) is 4.79 Å². The molecule has 3 saturated heterocycles. The first-order valence-electron chi connectivity index (χ1n) is 9.66. The minimum absolute atomic E-state index is 0.0840. The summed E-state index contributed by atoms with van der Waals surface area (Å²) in [5, 5.41) is 12.4. The highest BCUT2D eigenvalue weighted by atomic mass is 16.5. The summed E-state index contributed by atoms with van der Waals surface area (Å²) in [6, 6.07) is 3.88. The molecule has 3 aliphatic rings. The van der Waals surface area contributed by atoms with Crippen LogP contribution in [0.5, 0.6) is 0 Å². The van der Waals surface area contributed by atoms with Crippen LogP contribution in [0, 0.1) is 0 Å². The molecule has 144 valence electrons. The fourth-order valence-electron chi connectivity index (χ4n) is 4.29. The van der Waals surface area contributed by atoms with E-state index in [-0.39, 0.29) is 24.2 Å². The molecule has 0 aliphatic carbocycles. The van der Waals surface area contributed by atoms with Gasteiger partial charge in [-0.05, 0) is 31.4 Å². The second-order valence-electron chi connectivity index (χ2n) is 7.73. The molecule has 1 amide bonds. The molecule has 3 aliphatic heterocycles. The van der Waals surface area contributed by atoms with Crippen molar-refractivity contribution in [2.75, 3.05) is 44.3 Å². The standard InChI is InChI=1S/C18H24N6O3/c25-17(22-6-1-2-7-22)10-26-14-5-8-27-18(9-14)11-23(12-18)16-4-3-15-20-19-13-24(15)21-16/h3-4,13-14H,1-2,5-12H2/t14-/m1/s1. The maximum absolute atomic E-state index is 12.2. The van der Waals surface area contributed by atoms with Gasteiger partial charge in [-0.1, -0.05) is 0 Å². The molecule has 0 radical (unpaired) electrons. The van der Waals surface area contributed by atoms with Gasteiger partial charge in [-0.2, -0.15) is 4.52 Å². The normalized spacial score (nSPS) is 24.5. The van der Waals surface area contributed by atoms with Gasteiger partial charge in [0.25, 0.3) is 0 Å². The van der Waals surface area contributed by atoms with Crippen LogP contribution in [-0.4, -0.2) is 81.7 Å². The van der Waals surface area contributed by atoms with Crippen LogP contribution in [0.3, 0.4) is 0 Å². The number of anilines is 1. The number of amides is 1. The quantitative estimate of drug-likeness (QED) is 0.773. The van der Waals surface area contributed by atoms with Crippen molar-refractivity contribution < 1.29 is 14.3 Å². The van der Waals surface area contributed by atoms with Crippen molar-refractivity contribution in [3.05, 3.63) is 18.5 Å².